The van der Waals surface area contributed by atoms with E-state index in [0.29, 0.717) is 19.1 Å². The lowest BCUT2D eigenvalue weighted by atomic mass is 9.91. The number of rotatable bonds is 6. The molecule has 0 aromatic heterocycles. The van der Waals surface area contributed by atoms with Gasteiger partial charge >= 0.3 is 0 Å². The maximum Gasteiger partial charge on any atom is 0.238 e. The van der Waals surface area contributed by atoms with E-state index >= 15 is 0 Å². The van der Waals surface area contributed by atoms with Gasteiger partial charge in [0.2, 0.25) is 5.91 Å². The van der Waals surface area contributed by atoms with Crippen LogP contribution in [-0.4, -0.2) is 31.1 Å². The van der Waals surface area contributed by atoms with Crippen molar-refractivity contribution in [1.82, 2.24) is 10.8 Å². The third kappa shape index (κ3) is 3.96. The van der Waals surface area contributed by atoms with Crippen molar-refractivity contribution in [2.45, 2.75) is 25.9 Å². The number of primary amides is 1. The van der Waals surface area contributed by atoms with E-state index in [1.54, 1.807) is 6.08 Å². The summed E-state index contributed by atoms with van der Waals surface area (Å²) in [7, 11) is 0. The molecule has 96 valence electrons. The van der Waals surface area contributed by atoms with Crippen LogP contribution in [0.2, 0.25) is 0 Å². The number of hydrogen-bond donors (Lipinski definition) is 3. The van der Waals surface area contributed by atoms with Crippen LogP contribution in [0.1, 0.15) is 13.8 Å². The first kappa shape index (κ1) is 13.9. The summed E-state index contributed by atoms with van der Waals surface area (Å²) in [5.74, 6) is -0.0163. The molecule has 5 heteroatoms. The van der Waals surface area contributed by atoms with Gasteiger partial charge in [-0.3, -0.25) is 9.63 Å². The van der Waals surface area contributed by atoms with Crippen molar-refractivity contribution in [1.29, 1.82) is 0 Å². The predicted molar refractivity (Wildman–Crippen MR) is 67.0 cm³/mol. The van der Waals surface area contributed by atoms with Gasteiger partial charge in [-0.05, 0) is 11.5 Å². The Balaban J connectivity index is 2.68. The van der Waals surface area contributed by atoms with Crippen LogP contribution in [0.25, 0.3) is 0 Å². The Kier molecular flexibility index (Phi) is 5.34. The lowest BCUT2D eigenvalue weighted by molar-refractivity contribution is -0.119. The zero-order valence-corrected chi connectivity index (χ0v) is 10.4. The third-order valence-corrected chi connectivity index (χ3v) is 2.70. The first-order valence-corrected chi connectivity index (χ1v) is 5.78. The van der Waals surface area contributed by atoms with Gasteiger partial charge in [0.1, 0.15) is 6.04 Å². The zero-order chi connectivity index (χ0) is 12.8. The molecule has 2 atom stereocenters. The van der Waals surface area contributed by atoms with Gasteiger partial charge < -0.3 is 11.1 Å². The van der Waals surface area contributed by atoms with E-state index in [-0.39, 0.29) is 18.0 Å². The molecule has 1 amide bonds. The Bertz CT molecular complexity index is 313. The van der Waals surface area contributed by atoms with Crippen molar-refractivity contribution < 1.29 is 9.63 Å². The van der Waals surface area contributed by atoms with Crippen LogP contribution < -0.4 is 16.5 Å². The highest BCUT2D eigenvalue weighted by Crippen LogP contribution is 2.18. The molecule has 1 aliphatic heterocycles. The number of hydrogen-bond acceptors (Lipinski definition) is 4. The van der Waals surface area contributed by atoms with Crippen molar-refractivity contribution in [2.24, 2.45) is 11.7 Å². The average Bonchev–Trinajstić information content (AvgIpc) is 2.29. The van der Waals surface area contributed by atoms with Crippen molar-refractivity contribution in [2.75, 3.05) is 13.2 Å². The van der Waals surface area contributed by atoms with Crippen LogP contribution >= 0.6 is 0 Å². The molecule has 0 aromatic rings. The summed E-state index contributed by atoms with van der Waals surface area (Å²) in [5.41, 5.74) is 9.38. The van der Waals surface area contributed by atoms with Crippen LogP contribution in [0.5, 0.6) is 0 Å². The highest BCUT2D eigenvalue weighted by Gasteiger charge is 2.26. The molecule has 1 heterocycles. The number of carbonyl (C=O) groups is 1. The topological polar surface area (TPSA) is 76.4 Å². The third-order valence-electron chi connectivity index (χ3n) is 2.70. The zero-order valence-electron chi connectivity index (χ0n) is 10.4. The summed E-state index contributed by atoms with van der Waals surface area (Å²) in [5, 5.41) is 3.06. The molecule has 4 N–H and O–H groups in total. The molecule has 1 aliphatic rings. The summed E-state index contributed by atoms with van der Waals surface area (Å²) in [6.07, 6.45) is 3.56. The first-order chi connectivity index (χ1) is 8.06. The van der Waals surface area contributed by atoms with Gasteiger partial charge in [-0.2, -0.15) is 5.48 Å². The van der Waals surface area contributed by atoms with Crippen molar-refractivity contribution in [3.8, 4) is 0 Å². The lowest BCUT2D eigenvalue weighted by Crippen LogP contribution is -2.52. The minimum Gasteiger partial charge on any atom is -0.368 e. The standard InChI is InChI=1S/C12H21N3O2/c1-4-5-17-15-11-7-14-10(12(13)16)6-9(11)8(2)3/h4,6,8,10-11,14-15H,1,5,7H2,2-3H3,(H2,13,16). The van der Waals surface area contributed by atoms with Crippen LogP contribution in [0.3, 0.4) is 0 Å². The lowest BCUT2D eigenvalue weighted by Gasteiger charge is -2.31. The molecule has 0 radical (unpaired) electrons. The molecule has 1 rings (SSSR count). The predicted octanol–water partition coefficient (Wildman–Crippen LogP) is 0.102. The fourth-order valence-corrected chi connectivity index (χ4v) is 1.83. The van der Waals surface area contributed by atoms with Gasteiger partial charge in [-0.1, -0.05) is 26.0 Å². The van der Waals surface area contributed by atoms with Gasteiger partial charge in [0, 0.05) is 6.54 Å². The molecule has 0 saturated carbocycles. The summed E-state index contributed by atoms with van der Waals surface area (Å²) >= 11 is 0. The average molecular weight is 239 g/mol. The molecule has 5 nitrogen and oxygen atoms in total. The van der Waals surface area contributed by atoms with Crippen LogP contribution in [0, 0.1) is 5.92 Å². The second-order valence-electron chi connectivity index (χ2n) is 4.38. The summed E-state index contributed by atoms with van der Waals surface area (Å²) in [4.78, 5) is 16.4. The Morgan fingerprint density at radius 3 is 3.06 bits per heavy atom. The molecule has 17 heavy (non-hydrogen) atoms. The maximum absolute atomic E-state index is 11.1. The number of nitrogens with one attached hydrogen (secondary N) is 2. The van der Waals surface area contributed by atoms with Gasteiger partial charge in [0.25, 0.3) is 0 Å². The number of hydroxylamine groups is 1. The van der Waals surface area contributed by atoms with Crippen LogP contribution in [0.4, 0.5) is 0 Å². The van der Waals surface area contributed by atoms with E-state index in [1.165, 1.54) is 0 Å². The van der Waals surface area contributed by atoms with Gasteiger partial charge in [-0.25, -0.2) is 0 Å². The molecule has 0 aliphatic carbocycles. The minimum atomic E-state index is -0.384. The molecular formula is C12H21N3O2. The normalized spacial score (nSPS) is 24.5. The Morgan fingerprint density at radius 1 is 1.82 bits per heavy atom. The SMILES string of the molecule is C=CCONC1CNC(C(N)=O)C=C1C(C)C. The van der Waals surface area contributed by atoms with Crippen LogP contribution in [0.15, 0.2) is 24.3 Å². The van der Waals surface area contributed by atoms with Crippen molar-refractivity contribution >= 4 is 5.91 Å². The smallest absolute Gasteiger partial charge is 0.238 e. The van der Waals surface area contributed by atoms with E-state index in [9.17, 15) is 4.79 Å². The molecule has 0 spiro atoms. The summed E-state index contributed by atoms with van der Waals surface area (Å²) in [6.45, 7) is 8.80. The van der Waals surface area contributed by atoms with E-state index in [4.69, 9.17) is 10.6 Å². The number of carbonyl (C=O) groups excluding carboxylic acids is 1. The second-order valence-corrected chi connectivity index (χ2v) is 4.38. The van der Waals surface area contributed by atoms with E-state index in [2.05, 4.69) is 31.2 Å². The highest BCUT2D eigenvalue weighted by atomic mass is 16.6. The van der Waals surface area contributed by atoms with Gasteiger partial charge in [0.15, 0.2) is 0 Å². The molecular weight excluding hydrogens is 218 g/mol. The van der Waals surface area contributed by atoms with E-state index in [1.807, 2.05) is 6.08 Å². The number of nitrogens with two attached hydrogens (primary N) is 1. The monoisotopic (exact) mass is 239 g/mol. The fraction of sp³-hybridized carbons (Fsp3) is 0.583. The Labute approximate surface area is 102 Å². The second kappa shape index (κ2) is 6.54. The largest absolute Gasteiger partial charge is 0.368 e. The highest BCUT2D eigenvalue weighted by molar-refractivity contribution is 5.82. The van der Waals surface area contributed by atoms with Gasteiger partial charge in [-0.15, -0.1) is 6.58 Å². The van der Waals surface area contributed by atoms with Crippen molar-refractivity contribution in [3.05, 3.63) is 24.3 Å². The van der Waals surface area contributed by atoms with E-state index in [0.717, 1.165) is 5.57 Å². The maximum atomic E-state index is 11.1. The first-order valence-electron chi connectivity index (χ1n) is 5.78. The Morgan fingerprint density at radius 2 is 2.53 bits per heavy atom. The molecule has 0 saturated heterocycles. The minimum absolute atomic E-state index is 0.0607. The summed E-state index contributed by atoms with van der Waals surface area (Å²) in [6, 6.07) is -0.324. The van der Waals surface area contributed by atoms with Crippen LogP contribution in [-0.2, 0) is 9.63 Å². The molecule has 0 bridgehead atoms. The van der Waals surface area contributed by atoms with E-state index < -0.39 is 0 Å². The van der Waals surface area contributed by atoms with Crippen molar-refractivity contribution in [3.63, 3.8) is 0 Å². The summed E-state index contributed by atoms with van der Waals surface area (Å²) < 4.78 is 0. The Hall–Kier alpha value is -1.17. The molecule has 0 aromatic carbocycles. The molecule has 2 unspecified atom stereocenters. The quantitative estimate of drug-likeness (QED) is 0.349. The fourth-order valence-electron chi connectivity index (χ4n) is 1.83. The van der Waals surface area contributed by atoms with Gasteiger partial charge in [0.05, 0.1) is 12.6 Å². The number of amides is 1. The molecule has 0 fully saturated rings.